The molecule has 2 unspecified atom stereocenters. The number of rotatable bonds is 5. The van der Waals surface area contributed by atoms with Crippen LogP contribution in [0.3, 0.4) is 0 Å². The number of carbonyl (C=O) groups is 2. The van der Waals surface area contributed by atoms with Gasteiger partial charge in [0.05, 0.1) is 17.3 Å². The van der Waals surface area contributed by atoms with Crippen LogP contribution in [0.15, 0.2) is 82.1 Å². The molecule has 1 fully saturated rings. The van der Waals surface area contributed by atoms with Crippen molar-refractivity contribution in [3.05, 3.63) is 104 Å². The van der Waals surface area contributed by atoms with Gasteiger partial charge in [-0.1, -0.05) is 47.5 Å². The number of hydrazone groups is 1. The Bertz CT molecular complexity index is 1390. The van der Waals surface area contributed by atoms with Crippen LogP contribution < -0.4 is 0 Å². The molecule has 1 amide bonds. The van der Waals surface area contributed by atoms with Crippen molar-refractivity contribution in [2.75, 3.05) is 6.61 Å². The molecular formula is C28H22BrCl2N3O3. The van der Waals surface area contributed by atoms with Gasteiger partial charge in [0.2, 0.25) is 0 Å². The summed E-state index contributed by atoms with van der Waals surface area (Å²) >= 11 is 15.5. The number of carbonyl (C=O) groups excluding carboxylic acids is 2. The zero-order valence-electron chi connectivity index (χ0n) is 19.6. The molecule has 5 rings (SSSR count). The highest BCUT2D eigenvalue weighted by Crippen LogP contribution is 2.44. The fourth-order valence-electron chi connectivity index (χ4n) is 4.76. The first-order valence-electron chi connectivity index (χ1n) is 11.8. The second-order valence-corrected chi connectivity index (χ2v) is 10.7. The lowest BCUT2D eigenvalue weighted by Gasteiger charge is -2.29. The van der Waals surface area contributed by atoms with Crippen molar-refractivity contribution in [2.45, 2.75) is 25.3 Å². The lowest BCUT2D eigenvalue weighted by Crippen LogP contribution is -2.34. The van der Waals surface area contributed by atoms with Crippen LogP contribution in [-0.4, -0.2) is 34.2 Å². The van der Waals surface area contributed by atoms with E-state index in [1.807, 2.05) is 48.5 Å². The summed E-state index contributed by atoms with van der Waals surface area (Å²) < 4.78 is 5.98. The normalized spacial score (nSPS) is 19.9. The first-order valence-corrected chi connectivity index (χ1v) is 13.3. The van der Waals surface area contributed by atoms with Crippen LogP contribution in [0.2, 0.25) is 10.0 Å². The highest BCUT2D eigenvalue weighted by molar-refractivity contribution is 9.10. The molecule has 2 aromatic carbocycles. The third-order valence-electron chi connectivity index (χ3n) is 6.45. The SMILES string of the molecule is O=C(OCC(=O)N1N=C2C(=Cc3ccc(Cl)cc3)CCCC2C1c1ccc(Cl)cc1)c1cncc(Br)c1. The fraction of sp³-hybridized carbons (Fsp3) is 0.214. The van der Waals surface area contributed by atoms with Gasteiger partial charge in [0.1, 0.15) is 0 Å². The van der Waals surface area contributed by atoms with Gasteiger partial charge >= 0.3 is 5.97 Å². The second-order valence-electron chi connectivity index (χ2n) is 8.91. The van der Waals surface area contributed by atoms with Gasteiger partial charge < -0.3 is 4.74 Å². The van der Waals surface area contributed by atoms with Gasteiger partial charge in [-0.15, -0.1) is 0 Å². The van der Waals surface area contributed by atoms with Crippen molar-refractivity contribution in [1.82, 2.24) is 9.99 Å². The Morgan fingerprint density at radius 2 is 1.76 bits per heavy atom. The quantitative estimate of drug-likeness (QED) is 0.293. The van der Waals surface area contributed by atoms with Crippen LogP contribution >= 0.6 is 39.1 Å². The smallest absolute Gasteiger partial charge is 0.340 e. The van der Waals surface area contributed by atoms with E-state index in [1.165, 1.54) is 11.2 Å². The second kappa shape index (κ2) is 11.2. The van der Waals surface area contributed by atoms with Crippen LogP contribution in [0.4, 0.5) is 0 Å². The van der Waals surface area contributed by atoms with E-state index >= 15 is 0 Å². The first-order chi connectivity index (χ1) is 17.9. The fourth-order valence-corrected chi connectivity index (χ4v) is 5.38. The molecule has 0 spiro atoms. The van der Waals surface area contributed by atoms with E-state index in [0.29, 0.717) is 14.5 Å². The number of pyridine rings is 1. The summed E-state index contributed by atoms with van der Waals surface area (Å²) in [6.07, 6.45) is 7.78. The predicted molar refractivity (Wildman–Crippen MR) is 147 cm³/mol. The Hall–Kier alpha value is -3.00. The molecule has 1 saturated carbocycles. The summed E-state index contributed by atoms with van der Waals surface area (Å²) in [6.45, 7) is -0.435. The van der Waals surface area contributed by atoms with E-state index in [4.69, 9.17) is 33.0 Å². The topological polar surface area (TPSA) is 71.9 Å². The molecule has 0 N–H and O–H groups in total. The summed E-state index contributed by atoms with van der Waals surface area (Å²) in [5, 5.41) is 7.57. The number of fused-ring (bicyclic) bond motifs is 1. The maximum absolute atomic E-state index is 13.4. The Balaban J connectivity index is 1.43. The molecule has 0 radical (unpaired) electrons. The Morgan fingerprint density at radius 3 is 2.46 bits per heavy atom. The van der Waals surface area contributed by atoms with Crippen LogP contribution in [0, 0.1) is 5.92 Å². The number of ether oxygens (including phenoxy) is 1. The summed E-state index contributed by atoms with van der Waals surface area (Å²) in [4.78, 5) is 29.9. The highest BCUT2D eigenvalue weighted by Gasteiger charge is 2.43. The van der Waals surface area contributed by atoms with Crippen molar-refractivity contribution in [2.24, 2.45) is 11.0 Å². The van der Waals surface area contributed by atoms with Crippen LogP contribution in [0.5, 0.6) is 0 Å². The number of benzene rings is 2. The summed E-state index contributed by atoms with van der Waals surface area (Å²) in [6, 6.07) is 16.4. The number of nitrogens with zero attached hydrogens (tertiary/aromatic N) is 3. The zero-order chi connectivity index (χ0) is 25.9. The third kappa shape index (κ3) is 5.79. The summed E-state index contributed by atoms with van der Waals surface area (Å²) in [5.74, 6) is -1.01. The molecule has 1 aliphatic heterocycles. The highest BCUT2D eigenvalue weighted by atomic mass is 79.9. The monoisotopic (exact) mass is 597 g/mol. The first kappa shape index (κ1) is 25.6. The van der Waals surface area contributed by atoms with Crippen molar-refractivity contribution in [3.63, 3.8) is 0 Å². The molecule has 3 aromatic rings. The van der Waals surface area contributed by atoms with Crippen LogP contribution in [-0.2, 0) is 9.53 Å². The Morgan fingerprint density at radius 1 is 1.05 bits per heavy atom. The minimum Gasteiger partial charge on any atom is -0.452 e. The molecule has 2 aliphatic rings. The van der Waals surface area contributed by atoms with Gasteiger partial charge in [-0.25, -0.2) is 9.80 Å². The average molecular weight is 599 g/mol. The molecule has 0 bridgehead atoms. The van der Waals surface area contributed by atoms with Crippen molar-refractivity contribution in [3.8, 4) is 0 Å². The van der Waals surface area contributed by atoms with E-state index in [2.05, 4.69) is 27.0 Å². The molecule has 1 aliphatic carbocycles. The van der Waals surface area contributed by atoms with Crippen molar-refractivity contribution < 1.29 is 14.3 Å². The molecule has 2 heterocycles. The van der Waals surface area contributed by atoms with Crippen LogP contribution in [0.25, 0.3) is 6.08 Å². The summed E-state index contributed by atoms with van der Waals surface area (Å²) in [5.41, 5.74) is 4.18. The van der Waals surface area contributed by atoms with Crippen molar-refractivity contribution >= 4 is 62.8 Å². The standard InChI is InChI=1S/C28H22BrCl2N3O3/c29-21-13-20(14-32-15-21)28(36)37-16-25(35)34-27(18-6-10-23(31)11-7-18)24-3-1-2-19(26(24)33-34)12-17-4-8-22(30)9-5-17/h4-15,24,27H,1-3,16H2. The lowest BCUT2D eigenvalue weighted by molar-refractivity contribution is -0.137. The average Bonchev–Trinajstić information content (AvgIpc) is 3.29. The number of esters is 1. The largest absolute Gasteiger partial charge is 0.452 e. The van der Waals surface area contributed by atoms with E-state index < -0.39 is 18.5 Å². The number of hydrogen-bond donors (Lipinski definition) is 0. The number of aromatic nitrogens is 1. The van der Waals surface area contributed by atoms with E-state index in [0.717, 1.165) is 41.7 Å². The van der Waals surface area contributed by atoms with E-state index in [-0.39, 0.29) is 17.5 Å². The molecule has 0 saturated heterocycles. The summed E-state index contributed by atoms with van der Waals surface area (Å²) in [7, 11) is 0. The van der Waals surface area contributed by atoms with Gasteiger partial charge in [0.15, 0.2) is 6.61 Å². The zero-order valence-corrected chi connectivity index (χ0v) is 22.7. The molecule has 1 aromatic heterocycles. The molecule has 37 heavy (non-hydrogen) atoms. The maximum Gasteiger partial charge on any atom is 0.340 e. The number of hydrogen-bond acceptors (Lipinski definition) is 5. The Kier molecular flexibility index (Phi) is 7.74. The van der Waals surface area contributed by atoms with E-state index in [9.17, 15) is 9.59 Å². The third-order valence-corrected chi connectivity index (χ3v) is 7.38. The molecular weight excluding hydrogens is 577 g/mol. The molecule has 2 atom stereocenters. The Labute approximate surface area is 233 Å². The predicted octanol–water partition coefficient (Wildman–Crippen LogP) is 7.13. The van der Waals surface area contributed by atoms with Gasteiger partial charge in [-0.05, 0) is 88.3 Å². The number of allylic oxidation sites excluding steroid dienone is 1. The van der Waals surface area contributed by atoms with Gasteiger partial charge in [0, 0.05) is 32.8 Å². The van der Waals surface area contributed by atoms with Gasteiger partial charge in [-0.2, -0.15) is 5.10 Å². The van der Waals surface area contributed by atoms with Gasteiger partial charge in [-0.3, -0.25) is 9.78 Å². The lowest BCUT2D eigenvalue weighted by atomic mass is 9.77. The number of halogens is 3. The molecule has 9 heteroatoms. The van der Waals surface area contributed by atoms with E-state index in [1.54, 1.807) is 12.3 Å². The molecule has 188 valence electrons. The number of amides is 1. The minimum absolute atomic E-state index is 0.0161. The molecule has 6 nitrogen and oxygen atoms in total. The van der Waals surface area contributed by atoms with Gasteiger partial charge in [0.25, 0.3) is 5.91 Å². The van der Waals surface area contributed by atoms with Crippen molar-refractivity contribution in [1.29, 1.82) is 0 Å². The minimum atomic E-state index is -0.627. The van der Waals surface area contributed by atoms with Crippen LogP contribution in [0.1, 0.15) is 46.8 Å². The maximum atomic E-state index is 13.4.